The van der Waals surface area contributed by atoms with Gasteiger partial charge in [-0.15, -0.1) is 0 Å². The summed E-state index contributed by atoms with van der Waals surface area (Å²) in [4.78, 5) is 4.00. The third-order valence-corrected chi connectivity index (χ3v) is 1.87. The summed E-state index contributed by atoms with van der Waals surface area (Å²) in [5.74, 6) is 1.29. The number of aliphatic imine (C=N–C) groups is 1. The van der Waals surface area contributed by atoms with Gasteiger partial charge in [0, 0.05) is 5.70 Å². The van der Waals surface area contributed by atoms with Crippen LogP contribution >= 0.6 is 0 Å². The number of hydrogen-bond donors (Lipinski definition) is 0. The maximum absolute atomic E-state index is 4.00. The summed E-state index contributed by atoms with van der Waals surface area (Å²) in [6.45, 7) is 16.3. The second-order valence-corrected chi connectivity index (χ2v) is 3.91. The molecule has 0 aliphatic heterocycles. The van der Waals surface area contributed by atoms with E-state index in [0.29, 0.717) is 5.92 Å². The number of nitrogens with zero attached hydrogens (tertiary/aromatic N) is 1. The lowest BCUT2D eigenvalue weighted by Crippen LogP contribution is -1.91. The normalized spacial score (nSPS) is 11.3. The molecule has 1 heteroatoms. The molecular formula is C13H27N. The molecular weight excluding hydrogens is 170 g/mol. The molecule has 0 heterocycles. The summed E-state index contributed by atoms with van der Waals surface area (Å²) in [6, 6.07) is 0. The van der Waals surface area contributed by atoms with E-state index in [0.717, 1.165) is 18.0 Å². The van der Waals surface area contributed by atoms with Crippen LogP contribution in [0.4, 0.5) is 0 Å². The second-order valence-electron chi connectivity index (χ2n) is 3.91. The van der Waals surface area contributed by atoms with Gasteiger partial charge in [0.25, 0.3) is 0 Å². The fourth-order valence-corrected chi connectivity index (χ4v) is 1.05. The highest BCUT2D eigenvalue weighted by atomic mass is 14.7. The van der Waals surface area contributed by atoms with Gasteiger partial charge in [-0.05, 0) is 31.4 Å². The lowest BCUT2D eigenvalue weighted by Gasteiger charge is -2.05. The van der Waals surface area contributed by atoms with Crippen LogP contribution in [0.2, 0.25) is 0 Å². The van der Waals surface area contributed by atoms with Gasteiger partial charge >= 0.3 is 0 Å². The van der Waals surface area contributed by atoms with E-state index in [2.05, 4.69) is 45.5 Å². The van der Waals surface area contributed by atoms with Crippen LogP contribution in [0.1, 0.15) is 54.4 Å². The van der Waals surface area contributed by atoms with E-state index < -0.39 is 0 Å². The predicted octanol–water partition coefficient (Wildman–Crippen LogP) is 4.69. The zero-order valence-electron chi connectivity index (χ0n) is 10.8. The average Bonchev–Trinajstić information content (AvgIpc) is 2.14. The van der Waals surface area contributed by atoms with Crippen molar-refractivity contribution in [2.24, 2.45) is 16.8 Å². The number of allylic oxidation sites excluding steroid dienone is 2. The van der Waals surface area contributed by atoms with Crippen LogP contribution in [0, 0.1) is 11.8 Å². The number of hydrogen-bond acceptors (Lipinski definition) is 1. The van der Waals surface area contributed by atoms with E-state index in [4.69, 9.17) is 0 Å². The molecule has 0 atom stereocenters. The fraction of sp³-hybridized carbons (Fsp3) is 0.769. The summed E-state index contributed by atoms with van der Waals surface area (Å²) >= 11 is 0. The van der Waals surface area contributed by atoms with Crippen molar-refractivity contribution >= 4 is 6.72 Å². The third kappa shape index (κ3) is 9.50. The fourth-order valence-electron chi connectivity index (χ4n) is 1.05. The minimum Gasteiger partial charge on any atom is -0.269 e. The summed E-state index contributed by atoms with van der Waals surface area (Å²) in [5, 5.41) is 0. The molecule has 0 amide bonds. The van der Waals surface area contributed by atoms with Gasteiger partial charge in [0.05, 0.1) is 0 Å². The molecule has 1 nitrogen and oxygen atoms in total. The van der Waals surface area contributed by atoms with Gasteiger partial charge in [0.15, 0.2) is 0 Å². The van der Waals surface area contributed by atoms with Crippen LogP contribution < -0.4 is 0 Å². The molecule has 0 aromatic rings. The van der Waals surface area contributed by atoms with Crippen LogP contribution in [0.3, 0.4) is 0 Å². The average molecular weight is 197 g/mol. The topological polar surface area (TPSA) is 12.4 Å². The molecule has 0 fully saturated rings. The lowest BCUT2D eigenvalue weighted by atomic mass is 10.0. The van der Waals surface area contributed by atoms with Crippen molar-refractivity contribution < 1.29 is 0 Å². The van der Waals surface area contributed by atoms with Gasteiger partial charge in [0.1, 0.15) is 0 Å². The third-order valence-electron chi connectivity index (χ3n) is 1.87. The van der Waals surface area contributed by atoms with E-state index in [-0.39, 0.29) is 0 Å². The van der Waals surface area contributed by atoms with Crippen molar-refractivity contribution in [1.29, 1.82) is 0 Å². The van der Waals surface area contributed by atoms with Crippen LogP contribution in [-0.2, 0) is 0 Å². The first-order valence-corrected chi connectivity index (χ1v) is 5.74. The summed E-state index contributed by atoms with van der Waals surface area (Å²) in [5.41, 5.74) is 1.13. The van der Waals surface area contributed by atoms with Crippen molar-refractivity contribution in [3.8, 4) is 0 Å². The Labute approximate surface area is 90.3 Å². The lowest BCUT2D eigenvalue weighted by molar-refractivity contribution is 0.590. The molecule has 0 aromatic carbocycles. The van der Waals surface area contributed by atoms with Gasteiger partial charge in [0.2, 0.25) is 0 Å². The molecule has 0 rings (SSSR count). The Bertz CT molecular complexity index is 155. The van der Waals surface area contributed by atoms with Gasteiger partial charge in [-0.2, -0.15) is 0 Å². The first kappa shape index (κ1) is 15.9. The van der Waals surface area contributed by atoms with Crippen molar-refractivity contribution in [3.63, 3.8) is 0 Å². The van der Waals surface area contributed by atoms with Crippen LogP contribution in [-0.4, -0.2) is 6.72 Å². The molecule has 0 spiro atoms. The minimum absolute atomic E-state index is 0.509. The molecule has 0 bridgehead atoms. The first-order valence-electron chi connectivity index (χ1n) is 5.74. The molecule has 0 saturated carbocycles. The van der Waals surface area contributed by atoms with E-state index in [9.17, 15) is 0 Å². The molecule has 14 heavy (non-hydrogen) atoms. The Morgan fingerprint density at radius 1 is 1.21 bits per heavy atom. The maximum Gasteiger partial charge on any atom is 0.0381 e. The number of rotatable bonds is 5. The standard InChI is InChI=1S/C11H21N.C2H6/c1-9(2)7-6-8-11(12-5)10(3)4;1-2/h8-10H,5-7H2,1-4H3;1-2H3/b11-8-;. The van der Waals surface area contributed by atoms with Crippen molar-refractivity contribution in [2.75, 3.05) is 0 Å². The van der Waals surface area contributed by atoms with Gasteiger partial charge in [-0.25, -0.2) is 0 Å². The first-order chi connectivity index (χ1) is 6.57. The Balaban J connectivity index is 0. The van der Waals surface area contributed by atoms with Gasteiger partial charge in [-0.1, -0.05) is 47.6 Å². The highest BCUT2D eigenvalue weighted by Gasteiger charge is 1.99. The van der Waals surface area contributed by atoms with Crippen LogP contribution in [0.5, 0.6) is 0 Å². The summed E-state index contributed by atoms with van der Waals surface area (Å²) in [7, 11) is 0. The highest BCUT2D eigenvalue weighted by molar-refractivity contribution is 5.29. The monoisotopic (exact) mass is 197 g/mol. The van der Waals surface area contributed by atoms with Crippen molar-refractivity contribution in [2.45, 2.75) is 54.4 Å². The smallest absolute Gasteiger partial charge is 0.0381 e. The molecule has 84 valence electrons. The zero-order chi connectivity index (χ0) is 11.6. The van der Waals surface area contributed by atoms with Crippen LogP contribution in [0.25, 0.3) is 0 Å². The van der Waals surface area contributed by atoms with E-state index in [1.807, 2.05) is 13.8 Å². The van der Waals surface area contributed by atoms with Gasteiger partial charge in [-0.3, -0.25) is 4.99 Å². The van der Waals surface area contributed by atoms with Crippen molar-refractivity contribution in [1.82, 2.24) is 0 Å². The molecule has 0 unspecified atom stereocenters. The largest absolute Gasteiger partial charge is 0.269 e. The molecule has 0 N–H and O–H groups in total. The molecule has 0 radical (unpaired) electrons. The Morgan fingerprint density at radius 3 is 2.00 bits per heavy atom. The van der Waals surface area contributed by atoms with E-state index >= 15 is 0 Å². The maximum atomic E-state index is 4.00. The molecule has 0 aliphatic rings. The highest BCUT2D eigenvalue weighted by Crippen LogP contribution is 2.13. The van der Waals surface area contributed by atoms with E-state index in [1.165, 1.54) is 6.42 Å². The summed E-state index contributed by atoms with van der Waals surface area (Å²) < 4.78 is 0. The quantitative estimate of drug-likeness (QED) is 0.567. The Kier molecular flexibility index (Phi) is 11.9. The zero-order valence-corrected chi connectivity index (χ0v) is 10.8. The minimum atomic E-state index is 0.509. The second kappa shape index (κ2) is 10.5. The van der Waals surface area contributed by atoms with Crippen molar-refractivity contribution in [3.05, 3.63) is 11.8 Å². The Hall–Kier alpha value is -0.590. The van der Waals surface area contributed by atoms with Gasteiger partial charge < -0.3 is 0 Å². The molecule has 0 aromatic heterocycles. The molecule has 0 aliphatic carbocycles. The Morgan fingerprint density at radius 2 is 1.71 bits per heavy atom. The van der Waals surface area contributed by atoms with E-state index in [1.54, 1.807) is 0 Å². The SMILES string of the molecule is C=N/C(=C\CCC(C)C)C(C)C.CC. The van der Waals surface area contributed by atoms with Crippen LogP contribution in [0.15, 0.2) is 16.8 Å². The summed E-state index contributed by atoms with van der Waals surface area (Å²) in [6.07, 6.45) is 4.58. The molecule has 0 saturated heterocycles. The predicted molar refractivity (Wildman–Crippen MR) is 67.9 cm³/mol.